The number of hydrogen-bond acceptors (Lipinski definition) is 5. The smallest absolute Gasteiger partial charge is 0.331 e. The predicted octanol–water partition coefficient (Wildman–Crippen LogP) is 5.60. The molecule has 1 saturated carbocycles. The minimum atomic E-state index is -0.348. The van der Waals surface area contributed by atoms with Gasteiger partial charge in [0.25, 0.3) is 5.91 Å². The average Bonchev–Trinajstić information content (AvgIpc) is 3.54. The molecule has 1 fully saturated rings. The minimum absolute atomic E-state index is 0.161. The van der Waals surface area contributed by atoms with Crippen molar-refractivity contribution in [3.8, 4) is 11.1 Å². The quantitative estimate of drug-likeness (QED) is 0.286. The van der Waals surface area contributed by atoms with Crippen molar-refractivity contribution in [3.63, 3.8) is 0 Å². The van der Waals surface area contributed by atoms with Crippen molar-refractivity contribution in [1.82, 2.24) is 15.6 Å². The van der Waals surface area contributed by atoms with E-state index in [1.54, 1.807) is 17.2 Å². The van der Waals surface area contributed by atoms with Gasteiger partial charge in [-0.3, -0.25) is 14.5 Å². The third kappa shape index (κ3) is 4.20. The zero-order valence-electron chi connectivity index (χ0n) is 20.4. The van der Waals surface area contributed by atoms with E-state index in [9.17, 15) is 14.4 Å². The molecule has 2 aromatic heterocycles. The van der Waals surface area contributed by atoms with Crippen LogP contribution in [0.1, 0.15) is 28.9 Å². The maximum absolute atomic E-state index is 13.5. The highest BCUT2D eigenvalue weighted by molar-refractivity contribution is 7.21. The highest BCUT2D eigenvalue weighted by Crippen LogP contribution is 2.46. The van der Waals surface area contributed by atoms with E-state index >= 15 is 0 Å². The van der Waals surface area contributed by atoms with Crippen LogP contribution in [-0.4, -0.2) is 34.9 Å². The second-order valence-corrected chi connectivity index (χ2v) is 10.3. The molecule has 38 heavy (non-hydrogen) atoms. The number of nitrogens with one attached hydrogen (secondary N) is 3. The number of hydrogen-bond donors (Lipinski definition) is 3. The first-order valence-corrected chi connectivity index (χ1v) is 13.3. The maximum Gasteiger partial charge on any atom is 0.331 e. The lowest BCUT2D eigenvalue weighted by Crippen LogP contribution is -2.48. The number of anilines is 3. The van der Waals surface area contributed by atoms with Gasteiger partial charge >= 0.3 is 6.03 Å². The van der Waals surface area contributed by atoms with Crippen molar-refractivity contribution < 1.29 is 14.4 Å². The Bertz CT molecular complexity index is 1580. The minimum Gasteiger partial charge on any atom is -0.348 e. The fourth-order valence-electron chi connectivity index (χ4n) is 5.24. The van der Waals surface area contributed by atoms with Gasteiger partial charge in [0.15, 0.2) is 0 Å². The van der Waals surface area contributed by atoms with E-state index in [4.69, 9.17) is 0 Å². The Hall–Kier alpha value is -4.50. The fraction of sp³-hybridized carbons (Fsp3) is 0.172. The summed E-state index contributed by atoms with van der Waals surface area (Å²) < 4.78 is 0. The van der Waals surface area contributed by atoms with Crippen LogP contribution < -0.4 is 20.9 Å². The summed E-state index contributed by atoms with van der Waals surface area (Å²) in [6.07, 6.45) is 5.33. The van der Waals surface area contributed by atoms with Crippen LogP contribution in [0.25, 0.3) is 21.3 Å². The predicted molar refractivity (Wildman–Crippen MR) is 150 cm³/mol. The SMILES string of the molecule is C=CC(=O)N[C@H]1CCC[C@H]1NC(=O)c1sc2nccc3c2c1NC(=O)N3c1cccc(-c2ccccc2)c1. The molecule has 3 heterocycles. The summed E-state index contributed by atoms with van der Waals surface area (Å²) in [5.41, 5.74) is 3.90. The van der Waals surface area contributed by atoms with E-state index < -0.39 is 0 Å². The Kier molecular flexibility index (Phi) is 6.13. The highest BCUT2D eigenvalue weighted by Gasteiger charge is 2.35. The first kappa shape index (κ1) is 23.9. The fourth-order valence-corrected chi connectivity index (χ4v) is 6.26. The molecule has 0 spiro atoms. The second-order valence-electron chi connectivity index (χ2n) is 9.33. The average molecular weight is 524 g/mol. The molecule has 4 aromatic rings. The first-order valence-electron chi connectivity index (χ1n) is 12.5. The molecule has 6 rings (SSSR count). The molecule has 2 aromatic carbocycles. The molecular weight excluding hydrogens is 498 g/mol. The number of aromatic nitrogens is 1. The lowest BCUT2D eigenvalue weighted by atomic mass is 10.0. The maximum atomic E-state index is 13.5. The highest BCUT2D eigenvalue weighted by atomic mass is 32.1. The molecule has 2 atom stereocenters. The van der Waals surface area contributed by atoms with E-state index in [-0.39, 0.29) is 29.9 Å². The van der Waals surface area contributed by atoms with Crippen LogP contribution in [0.4, 0.5) is 21.9 Å². The van der Waals surface area contributed by atoms with Gasteiger partial charge in [-0.15, -0.1) is 11.3 Å². The lowest BCUT2D eigenvalue weighted by molar-refractivity contribution is -0.117. The lowest BCUT2D eigenvalue weighted by Gasteiger charge is -2.29. The van der Waals surface area contributed by atoms with Crippen molar-refractivity contribution in [2.75, 3.05) is 10.2 Å². The topological polar surface area (TPSA) is 103 Å². The zero-order chi connectivity index (χ0) is 26.2. The molecule has 3 N–H and O–H groups in total. The third-order valence-electron chi connectivity index (χ3n) is 7.01. The van der Waals surface area contributed by atoms with E-state index in [0.717, 1.165) is 35.8 Å². The summed E-state index contributed by atoms with van der Waals surface area (Å²) in [5, 5.41) is 9.65. The van der Waals surface area contributed by atoms with E-state index in [1.807, 2.05) is 54.6 Å². The molecule has 9 heteroatoms. The van der Waals surface area contributed by atoms with Crippen molar-refractivity contribution in [2.24, 2.45) is 0 Å². The molecule has 2 aliphatic rings. The molecule has 190 valence electrons. The summed E-state index contributed by atoms with van der Waals surface area (Å²) in [4.78, 5) is 45.9. The van der Waals surface area contributed by atoms with Crippen molar-refractivity contribution in [3.05, 3.63) is 84.4 Å². The molecule has 0 saturated heterocycles. The van der Waals surface area contributed by atoms with Gasteiger partial charge in [0.2, 0.25) is 5.91 Å². The van der Waals surface area contributed by atoms with E-state index in [0.29, 0.717) is 26.8 Å². The molecule has 0 radical (unpaired) electrons. The Balaban J connectivity index is 1.34. The molecule has 1 aliphatic carbocycles. The van der Waals surface area contributed by atoms with Crippen molar-refractivity contribution in [2.45, 2.75) is 31.3 Å². The summed E-state index contributed by atoms with van der Waals surface area (Å²) >= 11 is 1.24. The monoisotopic (exact) mass is 523 g/mol. The van der Waals surface area contributed by atoms with E-state index in [1.165, 1.54) is 17.4 Å². The van der Waals surface area contributed by atoms with Crippen molar-refractivity contribution in [1.29, 1.82) is 0 Å². The Morgan fingerprint density at radius 3 is 2.58 bits per heavy atom. The van der Waals surface area contributed by atoms with Crippen molar-refractivity contribution >= 4 is 56.5 Å². The van der Waals surface area contributed by atoms with Crippen LogP contribution >= 0.6 is 11.3 Å². The van der Waals surface area contributed by atoms with Gasteiger partial charge in [-0.1, -0.05) is 49.0 Å². The number of carbonyl (C=O) groups is 3. The van der Waals surface area contributed by atoms with Gasteiger partial charge < -0.3 is 16.0 Å². The Morgan fingerprint density at radius 1 is 1.03 bits per heavy atom. The number of pyridine rings is 1. The standard InChI is InChI=1S/C29H25N5O3S/c1-2-23(35)31-20-12-7-13-21(20)32-27(36)26-25-24-22(14-15-30-28(24)38-26)34(29(37)33-25)19-11-6-10-18(16-19)17-8-4-3-5-9-17/h2-6,8-11,14-16,20-21H,1,7,12-13H2,(H,31,35)(H,32,36)(H,33,37)/t20-,21+/m0/s1. The van der Waals surface area contributed by atoms with Gasteiger partial charge in [0.05, 0.1) is 22.4 Å². The number of amides is 4. The summed E-state index contributed by atoms with van der Waals surface area (Å²) in [6.45, 7) is 3.50. The number of carbonyl (C=O) groups excluding carboxylic acids is 3. The molecule has 4 amide bonds. The summed E-state index contributed by atoms with van der Waals surface area (Å²) in [6, 6.07) is 18.9. The zero-order valence-corrected chi connectivity index (χ0v) is 21.3. The van der Waals surface area contributed by atoms with Gasteiger partial charge in [0, 0.05) is 18.3 Å². The van der Waals surface area contributed by atoms with Crippen LogP contribution in [0.3, 0.4) is 0 Å². The molecular formula is C29H25N5O3S. The van der Waals surface area contributed by atoms with Crippen LogP contribution in [0.15, 0.2) is 79.5 Å². The number of thiophene rings is 1. The normalized spacial score (nSPS) is 18.2. The summed E-state index contributed by atoms with van der Waals surface area (Å²) in [5.74, 6) is -0.552. The molecule has 0 unspecified atom stereocenters. The Morgan fingerprint density at radius 2 is 1.79 bits per heavy atom. The number of nitrogens with zero attached hydrogens (tertiary/aromatic N) is 2. The summed E-state index contributed by atoms with van der Waals surface area (Å²) in [7, 11) is 0. The van der Waals surface area contributed by atoms with Gasteiger partial charge in [-0.05, 0) is 54.7 Å². The van der Waals surface area contributed by atoms with Gasteiger partial charge in [-0.25, -0.2) is 9.78 Å². The van der Waals surface area contributed by atoms with Gasteiger partial charge in [0.1, 0.15) is 9.71 Å². The first-order chi connectivity index (χ1) is 18.5. The molecule has 8 nitrogen and oxygen atoms in total. The van der Waals surface area contributed by atoms with Gasteiger partial charge in [-0.2, -0.15) is 0 Å². The number of rotatable bonds is 6. The van der Waals surface area contributed by atoms with Crippen LogP contribution in [0.5, 0.6) is 0 Å². The van der Waals surface area contributed by atoms with Crippen LogP contribution in [-0.2, 0) is 4.79 Å². The largest absolute Gasteiger partial charge is 0.348 e. The Labute approximate surface area is 223 Å². The number of benzene rings is 2. The van der Waals surface area contributed by atoms with Crippen LogP contribution in [0.2, 0.25) is 0 Å². The molecule has 1 aliphatic heterocycles. The number of urea groups is 1. The molecule has 0 bridgehead atoms. The van der Waals surface area contributed by atoms with E-state index in [2.05, 4.69) is 27.5 Å². The van der Waals surface area contributed by atoms with Crippen LogP contribution in [0, 0.1) is 0 Å². The second kappa shape index (κ2) is 9.75. The third-order valence-corrected chi connectivity index (χ3v) is 8.11.